The Kier molecular flexibility index (Phi) is 4.68. The highest BCUT2D eigenvalue weighted by Gasteiger charge is 2.29. The van der Waals surface area contributed by atoms with E-state index in [2.05, 4.69) is 11.4 Å². The molecule has 130 valence electrons. The van der Waals surface area contributed by atoms with Crippen LogP contribution in [0.25, 0.3) is 5.69 Å². The Morgan fingerprint density at radius 3 is 2.76 bits per heavy atom. The number of benzene rings is 1. The highest BCUT2D eigenvalue weighted by molar-refractivity contribution is 5.93. The lowest BCUT2D eigenvalue weighted by atomic mass is 9.97. The molecule has 1 N–H and O–H groups in total. The van der Waals surface area contributed by atoms with Crippen LogP contribution < -0.4 is 5.32 Å². The van der Waals surface area contributed by atoms with Crippen LogP contribution in [0.15, 0.2) is 48.0 Å². The predicted octanol–water partition coefficient (Wildman–Crippen LogP) is 4.37. The standard InChI is InChI=1S/C21H25N3O/c25-21(22-14-13-16-7-3-1-4-8-16)20-15-19(17-11-12-17)23-24(20)18-9-5-2-6-10-18/h2,5-7,9-10,15,17H,1,3-4,8,11-14H2,(H,22,25). The van der Waals surface area contributed by atoms with E-state index in [4.69, 9.17) is 5.10 Å². The number of nitrogens with zero attached hydrogens (tertiary/aromatic N) is 2. The van der Waals surface area contributed by atoms with Crippen molar-refractivity contribution in [3.63, 3.8) is 0 Å². The summed E-state index contributed by atoms with van der Waals surface area (Å²) in [6, 6.07) is 11.9. The maximum absolute atomic E-state index is 12.7. The van der Waals surface area contributed by atoms with Gasteiger partial charge in [-0.2, -0.15) is 5.10 Å². The van der Waals surface area contributed by atoms with Crippen LogP contribution in [0.2, 0.25) is 0 Å². The number of hydrogen-bond acceptors (Lipinski definition) is 2. The molecule has 2 aliphatic rings. The normalized spacial score (nSPS) is 17.2. The fourth-order valence-corrected chi connectivity index (χ4v) is 3.46. The first-order valence-corrected chi connectivity index (χ1v) is 9.43. The quantitative estimate of drug-likeness (QED) is 0.797. The van der Waals surface area contributed by atoms with Gasteiger partial charge in [0.1, 0.15) is 5.69 Å². The summed E-state index contributed by atoms with van der Waals surface area (Å²) in [6.07, 6.45) is 10.6. The predicted molar refractivity (Wildman–Crippen MR) is 99.0 cm³/mol. The Labute approximate surface area is 148 Å². The van der Waals surface area contributed by atoms with E-state index in [9.17, 15) is 4.79 Å². The van der Waals surface area contributed by atoms with Crippen molar-refractivity contribution in [2.24, 2.45) is 0 Å². The summed E-state index contributed by atoms with van der Waals surface area (Å²) in [5.74, 6) is 0.503. The number of carbonyl (C=O) groups excluding carboxylic acids is 1. The molecule has 4 rings (SSSR count). The van der Waals surface area contributed by atoms with Gasteiger partial charge in [0.05, 0.1) is 11.4 Å². The lowest BCUT2D eigenvalue weighted by molar-refractivity contribution is 0.0946. The van der Waals surface area contributed by atoms with Crippen LogP contribution >= 0.6 is 0 Å². The van der Waals surface area contributed by atoms with Crippen LogP contribution in [-0.2, 0) is 0 Å². The van der Waals surface area contributed by atoms with E-state index in [1.54, 1.807) is 4.68 Å². The molecule has 0 aliphatic heterocycles. The average Bonchev–Trinajstić information content (AvgIpc) is 3.41. The van der Waals surface area contributed by atoms with Crippen LogP contribution in [-0.4, -0.2) is 22.2 Å². The molecule has 0 spiro atoms. The molecule has 1 fully saturated rings. The molecular formula is C21H25N3O. The zero-order valence-corrected chi connectivity index (χ0v) is 14.6. The SMILES string of the molecule is O=C(NCCC1=CCCCC1)c1cc(C2CC2)nn1-c1ccccc1. The van der Waals surface area contributed by atoms with Crippen molar-refractivity contribution in [2.75, 3.05) is 6.54 Å². The summed E-state index contributed by atoms with van der Waals surface area (Å²) in [7, 11) is 0. The first-order valence-electron chi connectivity index (χ1n) is 9.43. The lowest BCUT2D eigenvalue weighted by Gasteiger charge is -2.13. The van der Waals surface area contributed by atoms with Crippen molar-refractivity contribution in [3.8, 4) is 5.69 Å². The highest BCUT2D eigenvalue weighted by atomic mass is 16.2. The monoisotopic (exact) mass is 335 g/mol. The van der Waals surface area contributed by atoms with Gasteiger partial charge in [-0.3, -0.25) is 4.79 Å². The van der Waals surface area contributed by atoms with Crippen LogP contribution in [0.3, 0.4) is 0 Å². The van der Waals surface area contributed by atoms with Gasteiger partial charge in [0.15, 0.2) is 0 Å². The van der Waals surface area contributed by atoms with Gasteiger partial charge in [0.2, 0.25) is 0 Å². The van der Waals surface area contributed by atoms with E-state index in [-0.39, 0.29) is 5.91 Å². The Morgan fingerprint density at radius 2 is 2.04 bits per heavy atom. The number of allylic oxidation sites excluding steroid dienone is 1. The third kappa shape index (κ3) is 3.84. The maximum Gasteiger partial charge on any atom is 0.270 e. The summed E-state index contributed by atoms with van der Waals surface area (Å²) in [4.78, 5) is 12.7. The van der Waals surface area contributed by atoms with E-state index in [1.165, 1.54) is 44.1 Å². The lowest BCUT2D eigenvalue weighted by Crippen LogP contribution is -2.27. The minimum Gasteiger partial charge on any atom is -0.350 e. The number of carbonyl (C=O) groups is 1. The second-order valence-corrected chi connectivity index (χ2v) is 7.09. The Hall–Kier alpha value is -2.36. The van der Waals surface area contributed by atoms with Crippen molar-refractivity contribution in [3.05, 3.63) is 59.4 Å². The highest BCUT2D eigenvalue weighted by Crippen LogP contribution is 2.39. The minimum atomic E-state index is -0.0281. The zero-order chi connectivity index (χ0) is 17.1. The molecule has 0 atom stereocenters. The molecule has 4 nitrogen and oxygen atoms in total. The van der Waals surface area contributed by atoms with Crippen molar-refractivity contribution in [1.82, 2.24) is 15.1 Å². The fourth-order valence-electron chi connectivity index (χ4n) is 3.46. The third-order valence-electron chi connectivity index (χ3n) is 5.07. The second kappa shape index (κ2) is 7.26. The number of amides is 1. The molecule has 0 saturated heterocycles. The zero-order valence-electron chi connectivity index (χ0n) is 14.6. The van der Waals surface area contributed by atoms with E-state index >= 15 is 0 Å². The van der Waals surface area contributed by atoms with Crippen molar-refractivity contribution in [2.45, 2.75) is 50.9 Å². The summed E-state index contributed by atoms with van der Waals surface area (Å²) in [5.41, 5.74) is 4.12. The van der Waals surface area contributed by atoms with Gasteiger partial charge < -0.3 is 5.32 Å². The smallest absolute Gasteiger partial charge is 0.270 e. The molecule has 2 aliphatic carbocycles. The van der Waals surface area contributed by atoms with Crippen molar-refractivity contribution < 1.29 is 4.79 Å². The van der Waals surface area contributed by atoms with Crippen LogP contribution in [0.4, 0.5) is 0 Å². The van der Waals surface area contributed by atoms with Crippen LogP contribution in [0, 0.1) is 0 Å². The van der Waals surface area contributed by atoms with Gasteiger partial charge in [-0.1, -0.05) is 29.8 Å². The van der Waals surface area contributed by atoms with E-state index < -0.39 is 0 Å². The fraction of sp³-hybridized carbons (Fsp3) is 0.429. The third-order valence-corrected chi connectivity index (χ3v) is 5.07. The molecule has 1 aromatic heterocycles. The van der Waals surface area contributed by atoms with Gasteiger partial charge in [-0.05, 0) is 63.1 Å². The largest absolute Gasteiger partial charge is 0.350 e. The minimum absolute atomic E-state index is 0.0281. The molecule has 1 aromatic carbocycles. The Balaban J connectivity index is 1.48. The molecular weight excluding hydrogens is 310 g/mol. The van der Waals surface area contributed by atoms with E-state index in [0.717, 1.165) is 17.8 Å². The maximum atomic E-state index is 12.7. The Bertz CT molecular complexity index is 772. The molecule has 2 aromatic rings. The van der Waals surface area contributed by atoms with E-state index in [1.807, 2.05) is 36.4 Å². The molecule has 1 heterocycles. The first kappa shape index (κ1) is 16.1. The van der Waals surface area contributed by atoms with Crippen LogP contribution in [0.1, 0.15) is 67.0 Å². The number of aromatic nitrogens is 2. The molecule has 1 saturated carbocycles. The number of para-hydroxylation sites is 1. The van der Waals surface area contributed by atoms with Gasteiger partial charge in [-0.15, -0.1) is 0 Å². The van der Waals surface area contributed by atoms with Crippen molar-refractivity contribution >= 4 is 5.91 Å². The molecule has 0 bridgehead atoms. The topological polar surface area (TPSA) is 46.9 Å². The number of hydrogen-bond donors (Lipinski definition) is 1. The molecule has 25 heavy (non-hydrogen) atoms. The van der Waals surface area contributed by atoms with Crippen molar-refractivity contribution in [1.29, 1.82) is 0 Å². The average molecular weight is 335 g/mol. The summed E-state index contributed by atoms with van der Waals surface area (Å²) >= 11 is 0. The number of nitrogens with one attached hydrogen (secondary N) is 1. The first-order chi connectivity index (χ1) is 12.3. The summed E-state index contributed by atoms with van der Waals surface area (Å²) in [5, 5.41) is 7.79. The van der Waals surface area contributed by atoms with E-state index in [0.29, 0.717) is 18.2 Å². The molecule has 4 heteroatoms. The summed E-state index contributed by atoms with van der Waals surface area (Å²) in [6.45, 7) is 0.698. The molecule has 1 amide bonds. The van der Waals surface area contributed by atoms with Gasteiger partial charge in [0.25, 0.3) is 5.91 Å². The van der Waals surface area contributed by atoms with Gasteiger partial charge in [0, 0.05) is 12.5 Å². The second-order valence-electron chi connectivity index (χ2n) is 7.09. The molecule has 0 radical (unpaired) electrons. The number of rotatable bonds is 6. The molecule has 0 unspecified atom stereocenters. The van der Waals surface area contributed by atoms with Gasteiger partial charge >= 0.3 is 0 Å². The Morgan fingerprint density at radius 1 is 1.20 bits per heavy atom. The summed E-state index contributed by atoms with van der Waals surface area (Å²) < 4.78 is 1.79. The van der Waals surface area contributed by atoms with Crippen LogP contribution in [0.5, 0.6) is 0 Å². The van der Waals surface area contributed by atoms with Gasteiger partial charge in [-0.25, -0.2) is 4.68 Å².